The van der Waals surface area contributed by atoms with E-state index in [1.54, 1.807) is 37.4 Å². The smallest absolute Gasteiger partial charge is 0.151 e. The Labute approximate surface area is 124 Å². The van der Waals surface area contributed by atoms with Gasteiger partial charge in [-0.15, -0.1) is 0 Å². The van der Waals surface area contributed by atoms with Crippen molar-refractivity contribution < 1.29 is 4.21 Å². The van der Waals surface area contributed by atoms with Crippen LogP contribution in [0.5, 0.6) is 0 Å². The molecule has 0 radical (unpaired) electrons. The molecule has 0 bridgehead atoms. The zero-order valence-corrected chi connectivity index (χ0v) is 12.3. The number of hydrogen-bond donors (Lipinski definition) is 3. The summed E-state index contributed by atoms with van der Waals surface area (Å²) >= 11 is 5.70. The number of benzene rings is 1. The second-order valence-electron chi connectivity index (χ2n) is 3.85. The van der Waals surface area contributed by atoms with Crippen molar-refractivity contribution in [3.05, 3.63) is 47.2 Å². The van der Waals surface area contributed by atoms with Crippen molar-refractivity contribution >= 4 is 40.2 Å². The number of anilines is 2. The van der Waals surface area contributed by atoms with E-state index in [1.807, 2.05) is 0 Å². The topological polar surface area (TPSA) is 77.9 Å². The summed E-state index contributed by atoms with van der Waals surface area (Å²) in [6.07, 6.45) is 2.70. The van der Waals surface area contributed by atoms with Gasteiger partial charge in [0, 0.05) is 25.0 Å². The molecule has 5 nitrogen and oxygen atoms in total. The zero-order valence-electron chi connectivity index (χ0n) is 10.7. The third kappa shape index (κ3) is 3.15. The molecule has 1 aromatic heterocycles. The van der Waals surface area contributed by atoms with Gasteiger partial charge in [0.05, 0.1) is 16.3 Å². The van der Waals surface area contributed by atoms with E-state index in [2.05, 4.69) is 15.0 Å². The van der Waals surface area contributed by atoms with Crippen LogP contribution in [0.3, 0.4) is 0 Å². The number of halogens is 1. The van der Waals surface area contributed by atoms with E-state index in [4.69, 9.17) is 17.0 Å². The van der Waals surface area contributed by atoms with Crippen LogP contribution < -0.4 is 10.0 Å². The van der Waals surface area contributed by atoms with Crippen LogP contribution in [0.1, 0.15) is 5.56 Å². The van der Waals surface area contributed by atoms with Crippen molar-refractivity contribution in [3.63, 3.8) is 0 Å². The molecule has 1 heterocycles. The van der Waals surface area contributed by atoms with Gasteiger partial charge in [-0.05, 0) is 18.2 Å². The van der Waals surface area contributed by atoms with E-state index in [1.165, 1.54) is 12.4 Å². The van der Waals surface area contributed by atoms with Gasteiger partial charge in [0.25, 0.3) is 0 Å². The fourth-order valence-electron chi connectivity index (χ4n) is 1.69. The predicted octanol–water partition coefficient (Wildman–Crippen LogP) is 2.91. The van der Waals surface area contributed by atoms with E-state index < -0.39 is 11.0 Å². The monoisotopic (exact) mass is 308 g/mol. The highest BCUT2D eigenvalue weighted by atomic mass is 35.5. The fraction of sp³-hybridized carbons (Fsp3) is 0.0769. The van der Waals surface area contributed by atoms with Crippen LogP contribution in [-0.2, 0) is 11.0 Å². The first kappa shape index (κ1) is 14.5. The molecule has 7 heteroatoms. The average Bonchev–Trinajstić information content (AvgIpc) is 2.47. The van der Waals surface area contributed by atoms with Gasteiger partial charge in [-0.25, -0.2) is 9.19 Å². The second kappa shape index (κ2) is 6.49. The van der Waals surface area contributed by atoms with Crippen molar-refractivity contribution in [2.75, 3.05) is 17.1 Å². The molecule has 0 aliphatic rings. The van der Waals surface area contributed by atoms with Crippen molar-refractivity contribution in [2.24, 2.45) is 0 Å². The number of pyridine rings is 1. The molecule has 0 amide bonds. The standard InChI is InChI=1S/C13H13ClN4OS/c1-16-13-9(7-15)3-2-4-11(13)18-20(19)10-5-6-12(14)17-8-10/h2-8,15-16,18H,1H3. The van der Waals surface area contributed by atoms with Crippen LogP contribution in [0.15, 0.2) is 41.4 Å². The zero-order chi connectivity index (χ0) is 14.5. The molecule has 2 rings (SSSR count). The van der Waals surface area contributed by atoms with Crippen LogP contribution >= 0.6 is 11.6 Å². The van der Waals surface area contributed by atoms with Crippen molar-refractivity contribution in [3.8, 4) is 0 Å². The van der Waals surface area contributed by atoms with Gasteiger partial charge in [-0.3, -0.25) is 4.72 Å². The molecular formula is C13H13ClN4OS. The van der Waals surface area contributed by atoms with Crippen LogP contribution in [0, 0.1) is 5.41 Å². The molecule has 20 heavy (non-hydrogen) atoms. The lowest BCUT2D eigenvalue weighted by atomic mass is 10.1. The summed E-state index contributed by atoms with van der Waals surface area (Å²) in [5.41, 5.74) is 2.09. The summed E-state index contributed by atoms with van der Waals surface area (Å²) in [5.74, 6) is 0. The quantitative estimate of drug-likeness (QED) is 0.587. The molecule has 0 aliphatic carbocycles. The molecule has 0 aliphatic heterocycles. The van der Waals surface area contributed by atoms with Gasteiger partial charge < -0.3 is 10.7 Å². The third-order valence-corrected chi connectivity index (χ3v) is 3.92. The predicted molar refractivity (Wildman–Crippen MR) is 83.2 cm³/mol. The van der Waals surface area contributed by atoms with Crippen molar-refractivity contribution in [2.45, 2.75) is 4.90 Å². The van der Waals surface area contributed by atoms with E-state index in [-0.39, 0.29) is 0 Å². The molecule has 1 unspecified atom stereocenters. The summed E-state index contributed by atoms with van der Waals surface area (Å²) < 4.78 is 15.1. The van der Waals surface area contributed by atoms with Gasteiger partial charge in [0.15, 0.2) is 11.0 Å². The summed E-state index contributed by atoms with van der Waals surface area (Å²) in [4.78, 5) is 4.42. The Kier molecular flexibility index (Phi) is 4.70. The highest BCUT2D eigenvalue weighted by Gasteiger charge is 2.09. The van der Waals surface area contributed by atoms with E-state index >= 15 is 0 Å². The largest absolute Gasteiger partial charge is 0.386 e. The number of nitrogens with zero attached hydrogens (tertiary/aromatic N) is 1. The average molecular weight is 309 g/mol. The number of aromatic nitrogens is 1. The maximum absolute atomic E-state index is 12.2. The van der Waals surface area contributed by atoms with Gasteiger partial charge >= 0.3 is 0 Å². The summed E-state index contributed by atoms with van der Waals surface area (Å²) in [5, 5.41) is 10.7. The molecule has 0 saturated heterocycles. The minimum Gasteiger partial charge on any atom is -0.386 e. The Morgan fingerprint density at radius 3 is 2.75 bits per heavy atom. The number of para-hydroxylation sites is 1. The minimum absolute atomic E-state index is 0.354. The van der Waals surface area contributed by atoms with Crippen molar-refractivity contribution in [1.82, 2.24) is 4.98 Å². The fourth-order valence-corrected chi connectivity index (χ4v) is 2.62. The Morgan fingerprint density at radius 1 is 1.35 bits per heavy atom. The minimum atomic E-state index is -1.45. The summed E-state index contributed by atoms with van der Waals surface area (Å²) in [6, 6.07) is 8.62. The number of nitrogens with one attached hydrogen (secondary N) is 3. The lowest BCUT2D eigenvalue weighted by Gasteiger charge is -2.13. The molecular weight excluding hydrogens is 296 g/mol. The first-order chi connectivity index (χ1) is 9.65. The first-order valence-corrected chi connectivity index (χ1v) is 7.29. The highest BCUT2D eigenvalue weighted by Crippen LogP contribution is 2.26. The molecule has 0 saturated carbocycles. The van der Waals surface area contributed by atoms with Crippen LogP contribution in [0.2, 0.25) is 5.15 Å². The third-order valence-electron chi connectivity index (χ3n) is 2.62. The molecule has 2 aromatic rings. The number of rotatable bonds is 5. The van der Waals surface area contributed by atoms with Gasteiger partial charge in [-0.2, -0.15) is 0 Å². The SMILES string of the molecule is CNc1c(C=N)cccc1NS(=O)c1ccc(Cl)nc1. The van der Waals surface area contributed by atoms with E-state index in [9.17, 15) is 4.21 Å². The van der Waals surface area contributed by atoms with Crippen molar-refractivity contribution in [1.29, 1.82) is 5.41 Å². The lowest BCUT2D eigenvalue weighted by molar-refractivity contribution is 0.686. The Bertz CT molecular complexity index is 645. The van der Waals surface area contributed by atoms with E-state index in [0.29, 0.717) is 21.3 Å². The molecule has 0 fully saturated rings. The van der Waals surface area contributed by atoms with Gasteiger partial charge in [-0.1, -0.05) is 23.7 Å². The summed E-state index contributed by atoms with van der Waals surface area (Å²) in [6.45, 7) is 0. The van der Waals surface area contributed by atoms with Gasteiger partial charge in [0.2, 0.25) is 0 Å². The van der Waals surface area contributed by atoms with Crippen LogP contribution in [-0.4, -0.2) is 22.5 Å². The number of hydrogen-bond acceptors (Lipinski definition) is 4. The van der Waals surface area contributed by atoms with E-state index in [0.717, 1.165) is 5.69 Å². The Morgan fingerprint density at radius 2 is 2.15 bits per heavy atom. The second-order valence-corrected chi connectivity index (χ2v) is 5.45. The first-order valence-electron chi connectivity index (χ1n) is 5.77. The molecule has 3 N–H and O–H groups in total. The summed E-state index contributed by atoms with van der Waals surface area (Å²) in [7, 11) is 0.299. The normalized spacial score (nSPS) is 11.7. The molecule has 104 valence electrons. The maximum Gasteiger partial charge on any atom is 0.151 e. The molecule has 1 aromatic carbocycles. The van der Waals surface area contributed by atoms with Gasteiger partial charge in [0.1, 0.15) is 5.15 Å². The van der Waals surface area contributed by atoms with Crippen LogP contribution in [0.4, 0.5) is 11.4 Å². The lowest BCUT2D eigenvalue weighted by Crippen LogP contribution is -2.08. The molecule has 1 atom stereocenters. The Balaban J connectivity index is 2.28. The maximum atomic E-state index is 12.2. The highest BCUT2D eigenvalue weighted by molar-refractivity contribution is 7.86. The van der Waals surface area contributed by atoms with Crippen LogP contribution in [0.25, 0.3) is 0 Å². The Hall–Kier alpha value is -1.92. The molecule has 0 spiro atoms.